The molecule has 0 bridgehead atoms. The molecule has 0 unspecified atom stereocenters. The molecule has 320 valence electrons. The molecule has 0 radical (unpaired) electrons. The van der Waals surface area contributed by atoms with Crippen molar-refractivity contribution in [1.29, 1.82) is 0 Å². The highest BCUT2D eigenvalue weighted by molar-refractivity contribution is 6.14. The number of fused-ring (bicyclic) bond motifs is 7. The van der Waals surface area contributed by atoms with Crippen molar-refractivity contribution < 1.29 is 0 Å². The predicted octanol–water partition coefficient (Wildman–Crippen LogP) is 18.4. The fourth-order valence-electron chi connectivity index (χ4n) is 10.9. The third-order valence-corrected chi connectivity index (χ3v) is 14.1. The van der Waals surface area contributed by atoms with Crippen molar-refractivity contribution in [3.63, 3.8) is 0 Å². The van der Waals surface area contributed by atoms with E-state index in [1.165, 1.54) is 93.1 Å². The van der Waals surface area contributed by atoms with E-state index in [1.807, 2.05) is 0 Å². The molecule has 1 aromatic heterocycles. The first kappa shape index (κ1) is 39.6. The summed E-state index contributed by atoms with van der Waals surface area (Å²) in [6.07, 6.45) is 8.87. The molecule has 68 heavy (non-hydrogen) atoms. The van der Waals surface area contributed by atoms with Crippen LogP contribution in [-0.2, 0) is 0 Å². The fourth-order valence-corrected chi connectivity index (χ4v) is 10.9. The molecule has 0 amide bonds. The molecule has 0 aliphatic heterocycles. The van der Waals surface area contributed by atoms with Gasteiger partial charge in [0.15, 0.2) is 0 Å². The first-order valence-corrected chi connectivity index (χ1v) is 23.7. The van der Waals surface area contributed by atoms with Gasteiger partial charge in [-0.15, -0.1) is 0 Å². The molecule has 12 aromatic rings. The van der Waals surface area contributed by atoms with E-state index in [0.717, 1.165) is 41.2 Å². The zero-order valence-corrected chi connectivity index (χ0v) is 37.6. The highest BCUT2D eigenvalue weighted by Crippen LogP contribution is 2.48. The quantitative estimate of drug-likeness (QED) is 0.138. The van der Waals surface area contributed by atoms with Gasteiger partial charge in [-0.1, -0.05) is 206 Å². The van der Waals surface area contributed by atoms with Crippen molar-refractivity contribution in [2.75, 3.05) is 4.90 Å². The molecule has 0 spiro atoms. The largest absolute Gasteiger partial charge is 0.309 e. The monoisotopic (exact) mass is 866 g/mol. The molecule has 13 rings (SSSR count). The molecule has 1 heterocycles. The summed E-state index contributed by atoms with van der Waals surface area (Å²) in [5.74, 6) is 0. The average molecular weight is 867 g/mol. The average Bonchev–Trinajstić information content (AvgIpc) is 3.75. The molecule has 0 N–H and O–H groups in total. The van der Waals surface area contributed by atoms with Gasteiger partial charge >= 0.3 is 0 Å². The van der Waals surface area contributed by atoms with E-state index >= 15 is 0 Å². The molecule has 1 aliphatic carbocycles. The molecule has 0 fully saturated rings. The van der Waals surface area contributed by atoms with E-state index in [9.17, 15) is 0 Å². The topological polar surface area (TPSA) is 8.17 Å². The summed E-state index contributed by atoms with van der Waals surface area (Å²) >= 11 is 0. The summed E-state index contributed by atoms with van der Waals surface area (Å²) in [7, 11) is 0. The number of aromatic nitrogens is 1. The number of benzene rings is 11. The number of hydrogen-bond acceptors (Lipinski definition) is 1. The van der Waals surface area contributed by atoms with Crippen LogP contribution in [0.5, 0.6) is 0 Å². The minimum Gasteiger partial charge on any atom is -0.309 e. The fraction of sp³-hybridized carbons (Fsp3) is 0.0303. The van der Waals surface area contributed by atoms with Crippen LogP contribution < -0.4 is 4.90 Å². The Morgan fingerprint density at radius 2 is 0.956 bits per heavy atom. The molecule has 0 saturated heterocycles. The smallest absolute Gasteiger partial charge is 0.0547 e. The lowest BCUT2D eigenvalue weighted by molar-refractivity contribution is 1.06. The maximum absolute atomic E-state index is 2.49. The normalized spacial score (nSPS) is 12.6. The van der Waals surface area contributed by atoms with Crippen molar-refractivity contribution in [2.24, 2.45) is 0 Å². The third kappa shape index (κ3) is 6.64. The van der Waals surface area contributed by atoms with Crippen LogP contribution in [0.3, 0.4) is 0 Å². The van der Waals surface area contributed by atoms with Gasteiger partial charge < -0.3 is 9.47 Å². The van der Waals surface area contributed by atoms with Gasteiger partial charge in [-0.3, -0.25) is 0 Å². The van der Waals surface area contributed by atoms with Crippen LogP contribution in [0.15, 0.2) is 255 Å². The van der Waals surface area contributed by atoms with Crippen molar-refractivity contribution in [3.8, 4) is 39.1 Å². The lowest BCUT2D eigenvalue weighted by Gasteiger charge is -2.30. The van der Waals surface area contributed by atoms with E-state index in [4.69, 9.17) is 0 Å². The number of para-hydroxylation sites is 4. The van der Waals surface area contributed by atoms with E-state index in [2.05, 4.69) is 264 Å². The Morgan fingerprint density at radius 3 is 1.75 bits per heavy atom. The van der Waals surface area contributed by atoms with Crippen LogP contribution in [-0.4, -0.2) is 4.57 Å². The number of anilines is 3. The molecule has 11 aromatic carbocycles. The molecular weight excluding hydrogens is 821 g/mol. The number of rotatable bonds is 8. The summed E-state index contributed by atoms with van der Waals surface area (Å²) in [6, 6.07) is 87.2. The second-order valence-electron chi connectivity index (χ2n) is 17.9. The first-order chi connectivity index (χ1) is 33.8. The summed E-state index contributed by atoms with van der Waals surface area (Å²) in [5, 5.41) is 10.0. The van der Waals surface area contributed by atoms with Crippen LogP contribution in [0.25, 0.3) is 98.8 Å². The van der Waals surface area contributed by atoms with Gasteiger partial charge in [-0.25, -0.2) is 0 Å². The van der Waals surface area contributed by atoms with Crippen molar-refractivity contribution in [3.05, 3.63) is 260 Å². The summed E-state index contributed by atoms with van der Waals surface area (Å²) in [5.41, 5.74) is 16.7. The lowest BCUT2D eigenvalue weighted by Crippen LogP contribution is -2.12. The molecule has 0 atom stereocenters. The van der Waals surface area contributed by atoms with Gasteiger partial charge in [0.25, 0.3) is 0 Å². The summed E-state index contributed by atoms with van der Waals surface area (Å²) in [4.78, 5) is 2.49. The number of hydrogen-bond donors (Lipinski definition) is 0. The Hall–Kier alpha value is -8.72. The first-order valence-electron chi connectivity index (χ1n) is 23.7. The predicted molar refractivity (Wildman–Crippen MR) is 291 cm³/mol. The van der Waals surface area contributed by atoms with Crippen LogP contribution in [0.2, 0.25) is 0 Å². The summed E-state index contributed by atoms with van der Waals surface area (Å²) < 4.78 is 2.40. The van der Waals surface area contributed by atoms with E-state index in [0.29, 0.717) is 0 Å². The van der Waals surface area contributed by atoms with Crippen LogP contribution in [0, 0.1) is 0 Å². The van der Waals surface area contributed by atoms with Gasteiger partial charge in [0, 0.05) is 33.3 Å². The van der Waals surface area contributed by atoms with Gasteiger partial charge in [0.1, 0.15) is 0 Å². The second kappa shape index (κ2) is 16.6. The van der Waals surface area contributed by atoms with Gasteiger partial charge in [0.05, 0.1) is 22.4 Å². The van der Waals surface area contributed by atoms with E-state index in [-0.39, 0.29) is 0 Å². The molecule has 2 nitrogen and oxygen atoms in total. The second-order valence-corrected chi connectivity index (χ2v) is 17.9. The zero-order valence-electron chi connectivity index (χ0n) is 37.6. The molecule has 1 aliphatic rings. The van der Waals surface area contributed by atoms with Gasteiger partial charge in [0.2, 0.25) is 0 Å². The zero-order chi connectivity index (χ0) is 45.0. The van der Waals surface area contributed by atoms with Gasteiger partial charge in [-0.05, 0) is 127 Å². The van der Waals surface area contributed by atoms with Crippen LogP contribution in [0.4, 0.5) is 17.1 Å². The van der Waals surface area contributed by atoms with Crippen LogP contribution in [0.1, 0.15) is 18.4 Å². The molecular formula is C66H46N2. The Bertz CT molecular complexity index is 3960. The maximum atomic E-state index is 2.49. The lowest BCUT2D eigenvalue weighted by atomic mass is 9.88. The van der Waals surface area contributed by atoms with Crippen molar-refractivity contribution in [1.82, 2.24) is 4.57 Å². The number of nitrogens with zero attached hydrogens (tertiary/aromatic N) is 2. The third-order valence-electron chi connectivity index (χ3n) is 14.1. The molecule has 2 heteroatoms. The van der Waals surface area contributed by atoms with E-state index < -0.39 is 0 Å². The Labute approximate surface area is 396 Å². The van der Waals surface area contributed by atoms with Crippen molar-refractivity contribution in [2.45, 2.75) is 12.8 Å². The highest BCUT2D eigenvalue weighted by Gasteiger charge is 2.23. The Kier molecular flexibility index (Phi) is 9.68. The Morgan fingerprint density at radius 1 is 0.368 bits per heavy atom. The standard InChI is InChI=1S/C66H46N2/c1-3-18-46(19-4-1)53-29-15-21-48-22-16-32-61(66(48)53)59-28-11-14-35-64(59)67(62-33-12-9-26-57(62)55-31-17-30-54-52-25-8-7-20-47(52)38-42-56(54)55)51-40-36-45(37-41-51)49-39-43-60-58-27-10-13-34-63(58)68(65(60)44-49)50-23-5-2-6-24-50/h1-3,5-18,20-44H,4,19H2. The van der Waals surface area contributed by atoms with Gasteiger partial charge in [-0.2, -0.15) is 0 Å². The minimum atomic E-state index is 1.03. The maximum Gasteiger partial charge on any atom is 0.0547 e. The number of allylic oxidation sites excluding steroid dienone is 4. The Balaban J connectivity index is 1.02. The molecule has 0 saturated carbocycles. The SMILES string of the molecule is C1=CCCC(c2cccc3cccc(-c4ccccc4N(c4ccc(-c5ccc6c7ccccc7n(-c7ccccc7)c6c5)cc4)c4ccccc4-c4cccc5c4ccc4ccccc45)c23)=C1. The van der Waals surface area contributed by atoms with Crippen molar-refractivity contribution >= 4 is 76.8 Å². The minimum absolute atomic E-state index is 1.03. The summed E-state index contributed by atoms with van der Waals surface area (Å²) in [6.45, 7) is 0. The highest BCUT2D eigenvalue weighted by atomic mass is 15.1. The van der Waals surface area contributed by atoms with E-state index in [1.54, 1.807) is 0 Å². The van der Waals surface area contributed by atoms with Crippen LogP contribution >= 0.6 is 0 Å².